The lowest BCUT2D eigenvalue weighted by molar-refractivity contribution is -0.118. The molecule has 1 aliphatic heterocycles. The Balaban J connectivity index is 1.48. The number of aryl methyl sites for hydroxylation is 1. The minimum atomic E-state index is -0.513. The molecule has 0 saturated carbocycles. The number of carbonyl (C=O) groups excluding carboxylic acids is 1. The van der Waals surface area contributed by atoms with Crippen molar-refractivity contribution in [3.8, 4) is 17.1 Å². The zero-order valence-corrected chi connectivity index (χ0v) is 17.3. The summed E-state index contributed by atoms with van der Waals surface area (Å²) in [6, 6.07) is 11.7. The second kappa shape index (κ2) is 8.73. The number of hydrogen-bond acceptors (Lipinski definition) is 4. The molecule has 0 bridgehead atoms. The fourth-order valence-electron chi connectivity index (χ4n) is 3.32. The molecule has 29 heavy (non-hydrogen) atoms. The van der Waals surface area contributed by atoms with E-state index in [4.69, 9.17) is 4.74 Å². The smallest absolute Gasteiger partial charge is 0.262 e. The van der Waals surface area contributed by atoms with Gasteiger partial charge in [-0.3, -0.25) is 4.79 Å². The number of nitrogens with one attached hydrogen (secondary N) is 1. The molecule has 1 N–H and O–H groups in total. The number of aromatic nitrogens is 3. The van der Waals surface area contributed by atoms with Gasteiger partial charge in [-0.1, -0.05) is 22.4 Å². The molecular formula is C21H20BrFN4O2. The van der Waals surface area contributed by atoms with Crippen LogP contribution in [0.5, 0.6) is 5.75 Å². The Hall–Kier alpha value is -2.74. The SMILES string of the molecule is O=C(COc1ccc(Br)cc1)Nc1cc(-c2nnc3n2CCCCC3)ccc1F. The van der Waals surface area contributed by atoms with E-state index >= 15 is 0 Å². The van der Waals surface area contributed by atoms with E-state index in [0.29, 0.717) is 11.6 Å². The molecule has 8 heteroatoms. The van der Waals surface area contributed by atoms with Crippen molar-refractivity contribution in [1.82, 2.24) is 14.8 Å². The van der Waals surface area contributed by atoms with E-state index in [0.717, 1.165) is 48.1 Å². The van der Waals surface area contributed by atoms with Gasteiger partial charge in [0.2, 0.25) is 0 Å². The van der Waals surface area contributed by atoms with E-state index in [1.165, 1.54) is 6.07 Å². The number of ether oxygens (including phenoxy) is 1. The third-order valence-corrected chi connectivity index (χ3v) is 5.32. The molecule has 0 aliphatic carbocycles. The van der Waals surface area contributed by atoms with Gasteiger partial charge in [0.25, 0.3) is 5.91 Å². The molecule has 1 aliphatic rings. The number of benzene rings is 2. The van der Waals surface area contributed by atoms with Crippen LogP contribution in [-0.4, -0.2) is 27.3 Å². The Morgan fingerprint density at radius 1 is 1.14 bits per heavy atom. The van der Waals surface area contributed by atoms with Gasteiger partial charge in [-0.05, 0) is 55.3 Å². The molecule has 0 unspecified atom stereocenters. The first-order valence-electron chi connectivity index (χ1n) is 9.50. The second-order valence-corrected chi connectivity index (χ2v) is 7.80. The van der Waals surface area contributed by atoms with Crippen molar-refractivity contribution in [2.45, 2.75) is 32.2 Å². The molecular weight excluding hydrogens is 439 g/mol. The topological polar surface area (TPSA) is 69.0 Å². The van der Waals surface area contributed by atoms with Gasteiger partial charge < -0.3 is 14.6 Å². The van der Waals surface area contributed by atoms with Gasteiger partial charge in [-0.15, -0.1) is 10.2 Å². The highest BCUT2D eigenvalue weighted by molar-refractivity contribution is 9.10. The highest BCUT2D eigenvalue weighted by Gasteiger charge is 2.17. The lowest BCUT2D eigenvalue weighted by Crippen LogP contribution is -2.20. The summed E-state index contributed by atoms with van der Waals surface area (Å²) in [5.41, 5.74) is 0.814. The minimum absolute atomic E-state index is 0.0953. The van der Waals surface area contributed by atoms with E-state index in [1.54, 1.807) is 24.3 Å². The molecule has 6 nitrogen and oxygen atoms in total. The monoisotopic (exact) mass is 458 g/mol. The third kappa shape index (κ3) is 4.64. The molecule has 4 rings (SSSR count). The van der Waals surface area contributed by atoms with Crippen LogP contribution in [0.2, 0.25) is 0 Å². The van der Waals surface area contributed by atoms with Gasteiger partial charge in [-0.2, -0.15) is 0 Å². The zero-order chi connectivity index (χ0) is 20.2. The number of halogens is 2. The van der Waals surface area contributed by atoms with Crippen molar-refractivity contribution in [3.63, 3.8) is 0 Å². The molecule has 3 aromatic rings. The van der Waals surface area contributed by atoms with Crippen molar-refractivity contribution in [3.05, 3.63) is 58.6 Å². The lowest BCUT2D eigenvalue weighted by Gasteiger charge is -2.11. The molecule has 1 amide bonds. The van der Waals surface area contributed by atoms with Gasteiger partial charge in [0.15, 0.2) is 12.4 Å². The molecule has 2 aromatic carbocycles. The average molecular weight is 459 g/mol. The molecule has 0 saturated heterocycles. The number of rotatable bonds is 5. The Bertz CT molecular complexity index is 1020. The van der Waals surface area contributed by atoms with E-state index in [1.807, 2.05) is 12.1 Å². The van der Waals surface area contributed by atoms with Gasteiger partial charge in [0.05, 0.1) is 5.69 Å². The molecule has 0 fully saturated rings. The maximum atomic E-state index is 14.3. The summed E-state index contributed by atoms with van der Waals surface area (Å²) in [4.78, 5) is 12.2. The Kier molecular flexibility index (Phi) is 5.89. The number of nitrogens with zero attached hydrogens (tertiary/aromatic N) is 3. The third-order valence-electron chi connectivity index (χ3n) is 4.79. The molecule has 0 spiro atoms. The summed E-state index contributed by atoms with van der Waals surface area (Å²) < 4.78 is 22.7. The number of amides is 1. The van der Waals surface area contributed by atoms with Crippen LogP contribution in [0.15, 0.2) is 46.9 Å². The van der Waals surface area contributed by atoms with Gasteiger partial charge >= 0.3 is 0 Å². The number of hydrogen-bond donors (Lipinski definition) is 1. The summed E-state index contributed by atoms with van der Waals surface area (Å²) in [7, 11) is 0. The van der Waals surface area contributed by atoms with Crippen molar-refractivity contribution < 1.29 is 13.9 Å². The molecule has 0 atom stereocenters. The molecule has 150 valence electrons. The largest absolute Gasteiger partial charge is 0.484 e. The maximum absolute atomic E-state index is 14.3. The van der Waals surface area contributed by atoms with Crippen LogP contribution < -0.4 is 10.1 Å². The molecule has 0 radical (unpaired) electrons. The summed E-state index contributed by atoms with van der Waals surface area (Å²) in [6.45, 7) is 0.628. The van der Waals surface area contributed by atoms with Crippen LogP contribution in [0, 0.1) is 5.82 Å². The van der Waals surface area contributed by atoms with Gasteiger partial charge in [0.1, 0.15) is 17.4 Å². The Labute approximate surface area is 176 Å². The van der Waals surface area contributed by atoms with Gasteiger partial charge in [-0.25, -0.2) is 4.39 Å². The molecule has 1 aromatic heterocycles. The zero-order valence-electron chi connectivity index (χ0n) is 15.7. The highest BCUT2D eigenvalue weighted by atomic mass is 79.9. The van der Waals surface area contributed by atoms with Crippen LogP contribution in [0.3, 0.4) is 0 Å². The minimum Gasteiger partial charge on any atom is -0.484 e. The van der Waals surface area contributed by atoms with Crippen molar-refractivity contribution in [1.29, 1.82) is 0 Å². The van der Waals surface area contributed by atoms with E-state index < -0.39 is 11.7 Å². The van der Waals surface area contributed by atoms with Gasteiger partial charge in [0, 0.05) is 23.0 Å². The predicted molar refractivity (Wildman–Crippen MR) is 111 cm³/mol. The average Bonchev–Trinajstić information content (AvgIpc) is 2.97. The summed E-state index contributed by atoms with van der Waals surface area (Å²) >= 11 is 3.34. The Morgan fingerprint density at radius 2 is 1.97 bits per heavy atom. The number of fused-ring (bicyclic) bond motifs is 1. The number of carbonyl (C=O) groups is 1. The summed E-state index contributed by atoms with van der Waals surface area (Å²) in [6.07, 6.45) is 4.22. The van der Waals surface area contributed by atoms with Crippen molar-refractivity contribution >= 4 is 27.5 Å². The first kappa shape index (κ1) is 19.6. The summed E-state index contributed by atoms with van der Waals surface area (Å²) in [5.74, 6) is 1.26. The first-order valence-corrected chi connectivity index (χ1v) is 10.3. The fraction of sp³-hybridized carbons (Fsp3) is 0.286. The predicted octanol–water partition coefficient (Wildman–Crippen LogP) is 4.59. The quantitative estimate of drug-likeness (QED) is 0.606. The van der Waals surface area contributed by atoms with Crippen LogP contribution in [0.25, 0.3) is 11.4 Å². The highest BCUT2D eigenvalue weighted by Crippen LogP contribution is 2.26. The Morgan fingerprint density at radius 3 is 2.79 bits per heavy atom. The van der Waals surface area contributed by atoms with Crippen LogP contribution in [0.1, 0.15) is 25.1 Å². The van der Waals surface area contributed by atoms with E-state index in [-0.39, 0.29) is 12.3 Å². The normalized spacial score (nSPS) is 13.4. The number of anilines is 1. The first-order chi connectivity index (χ1) is 14.1. The second-order valence-electron chi connectivity index (χ2n) is 6.89. The maximum Gasteiger partial charge on any atom is 0.262 e. The van der Waals surface area contributed by atoms with E-state index in [9.17, 15) is 9.18 Å². The van der Waals surface area contributed by atoms with Crippen molar-refractivity contribution in [2.24, 2.45) is 0 Å². The van der Waals surface area contributed by atoms with Crippen LogP contribution in [0.4, 0.5) is 10.1 Å². The summed E-state index contributed by atoms with van der Waals surface area (Å²) in [5, 5.41) is 11.2. The van der Waals surface area contributed by atoms with Crippen molar-refractivity contribution in [2.75, 3.05) is 11.9 Å². The molecule has 2 heterocycles. The van der Waals surface area contributed by atoms with E-state index in [2.05, 4.69) is 36.0 Å². The fourth-order valence-corrected chi connectivity index (χ4v) is 3.59. The van der Waals surface area contributed by atoms with Crippen LogP contribution in [-0.2, 0) is 17.8 Å². The standard InChI is InChI=1S/C21H20BrFN4O2/c22-15-6-8-16(9-7-15)29-13-20(28)24-18-12-14(5-10-17(18)23)21-26-25-19-4-2-1-3-11-27(19)21/h5-10,12H,1-4,11,13H2,(H,24,28). The lowest BCUT2D eigenvalue weighted by atomic mass is 10.1. The van der Waals surface area contributed by atoms with Crippen LogP contribution >= 0.6 is 15.9 Å².